The lowest BCUT2D eigenvalue weighted by molar-refractivity contribution is -0.122. The Hall–Kier alpha value is -1.52. The highest BCUT2D eigenvalue weighted by Crippen LogP contribution is 2.40. The molecule has 2 aromatic carbocycles. The molecule has 0 aliphatic heterocycles. The fraction of sp³-hybridized carbons (Fsp3) is 0.188. The maximum Gasteiger partial charge on any atom is 0.247 e. The van der Waals surface area contributed by atoms with Crippen molar-refractivity contribution >= 4 is 39.1 Å². The fourth-order valence-electron chi connectivity index (χ4n) is 2.87. The summed E-state index contributed by atoms with van der Waals surface area (Å²) < 4.78 is 1.01. The van der Waals surface area contributed by atoms with Crippen LogP contribution < -0.4 is 11.1 Å². The predicted octanol–water partition coefficient (Wildman–Crippen LogP) is 3.84. The van der Waals surface area contributed by atoms with Crippen molar-refractivity contribution in [3.63, 3.8) is 0 Å². The summed E-state index contributed by atoms with van der Waals surface area (Å²) in [5.41, 5.74) is 7.79. The van der Waals surface area contributed by atoms with Gasteiger partial charge in [0.05, 0.1) is 0 Å². The SMILES string of the molecule is NC(=O)C1(Nc2ccc(Cl)cc2)CCc2cc(Br)ccc21. The Kier molecular flexibility index (Phi) is 3.68. The maximum absolute atomic E-state index is 12.2. The molecule has 1 atom stereocenters. The van der Waals surface area contributed by atoms with Gasteiger partial charge in [0.25, 0.3) is 0 Å². The Labute approximate surface area is 136 Å². The van der Waals surface area contributed by atoms with Gasteiger partial charge in [-0.05, 0) is 60.4 Å². The average molecular weight is 366 g/mol. The molecule has 1 amide bonds. The summed E-state index contributed by atoms with van der Waals surface area (Å²) in [6.07, 6.45) is 1.47. The van der Waals surface area contributed by atoms with Crippen LogP contribution in [0.4, 0.5) is 5.69 Å². The molecule has 0 aromatic heterocycles. The van der Waals surface area contributed by atoms with Crippen molar-refractivity contribution in [3.8, 4) is 0 Å². The van der Waals surface area contributed by atoms with Gasteiger partial charge < -0.3 is 11.1 Å². The van der Waals surface area contributed by atoms with Crippen LogP contribution >= 0.6 is 27.5 Å². The number of hydrogen-bond donors (Lipinski definition) is 2. The van der Waals surface area contributed by atoms with Gasteiger partial charge in [-0.1, -0.05) is 33.6 Å². The number of nitrogens with two attached hydrogens (primary N) is 1. The third kappa shape index (κ3) is 2.54. The molecular formula is C16H14BrClN2O. The van der Waals surface area contributed by atoms with Gasteiger partial charge in [0.1, 0.15) is 5.54 Å². The minimum Gasteiger partial charge on any atom is -0.368 e. The molecule has 0 saturated carbocycles. The van der Waals surface area contributed by atoms with E-state index in [0.717, 1.165) is 27.7 Å². The van der Waals surface area contributed by atoms with Crippen LogP contribution in [0.2, 0.25) is 5.02 Å². The molecule has 5 heteroatoms. The molecule has 108 valence electrons. The molecule has 21 heavy (non-hydrogen) atoms. The van der Waals surface area contributed by atoms with E-state index < -0.39 is 5.54 Å². The third-order valence-electron chi connectivity index (χ3n) is 3.92. The molecule has 0 radical (unpaired) electrons. The molecule has 3 N–H and O–H groups in total. The van der Waals surface area contributed by atoms with Crippen molar-refractivity contribution in [3.05, 3.63) is 63.1 Å². The molecule has 1 aliphatic rings. The van der Waals surface area contributed by atoms with Gasteiger partial charge >= 0.3 is 0 Å². The van der Waals surface area contributed by atoms with Crippen LogP contribution in [0.25, 0.3) is 0 Å². The summed E-state index contributed by atoms with van der Waals surface area (Å²) in [5.74, 6) is -0.362. The van der Waals surface area contributed by atoms with E-state index in [9.17, 15) is 4.79 Å². The fourth-order valence-corrected chi connectivity index (χ4v) is 3.40. The second kappa shape index (κ2) is 5.35. The number of amides is 1. The Morgan fingerprint density at radius 2 is 1.95 bits per heavy atom. The first-order chi connectivity index (χ1) is 10.0. The van der Waals surface area contributed by atoms with Gasteiger partial charge in [-0.2, -0.15) is 0 Å². The summed E-state index contributed by atoms with van der Waals surface area (Å²) in [4.78, 5) is 12.2. The zero-order valence-electron chi connectivity index (χ0n) is 11.2. The van der Waals surface area contributed by atoms with Gasteiger partial charge in [0, 0.05) is 15.2 Å². The molecule has 0 bridgehead atoms. The minimum absolute atomic E-state index is 0.362. The second-order valence-corrected chi connectivity index (χ2v) is 6.56. The summed E-state index contributed by atoms with van der Waals surface area (Å²) in [6, 6.07) is 13.2. The number of carbonyl (C=O) groups is 1. The van der Waals surface area contributed by atoms with Crippen LogP contribution in [0.15, 0.2) is 46.9 Å². The third-order valence-corrected chi connectivity index (χ3v) is 4.66. The zero-order valence-corrected chi connectivity index (χ0v) is 13.5. The smallest absolute Gasteiger partial charge is 0.247 e. The molecule has 1 aliphatic carbocycles. The second-order valence-electron chi connectivity index (χ2n) is 5.20. The van der Waals surface area contributed by atoms with Crippen molar-refractivity contribution in [2.24, 2.45) is 5.73 Å². The summed E-state index contributed by atoms with van der Waals surface area (Å²) in [5, 5.41) is 3.97. The summed E-state index contributed by atoms with van der Waals surface area (Å²) >= 11 is 9.36. The van der Waals surface area contributed by atoms with Crippen LogP contribution in [-0.4, -0.2) is 5.91 Å². The molecule has 3 nitrogen and oxygen atoms in total. The lowest BCUT2D eigenvalue weighted by Crippen LogP contribution is -2.46. The Morgan fingerprint density at radius 3 is 2.62 bits per heavy atom. The first-order valence-electron chi connectivity index (χ1n) is 6.64. The highest BCUT2D eigenvalue weighted by atomic mass is 79.9. The van der Waals surface area contributed by atoms with Crippen molar-refractivity contribution in [1.82, 2.24) is 0 Å². The number of primary amides is 1. The standard InChI is InChI=1S/C16H14BrClN2O/c17-11-1-6-14-10(9-11)7-8-16(14,15(19)21)20-13-4-2-12(18)3-5-13/h1-6,9,20H,7-8H2,(H2,19,21). The number of aryl methyl sites for hydroxylation is 1. The number of anilines is 1. The number of hydrogen-bond acceptors (Lipinski definition) is 2. The van der Waals surface area contributed by atoms with E-state index in [2.05, 4.69) is 21.2 Å². The van der Waals surface area contributed by atoms with Crippen molar-refractivity contribution in [2.45, 2.75) is 18.4 Å². The molecule has 1 unspecified atom stereocenters. The zero-order chi connectivity index (χ0) is 15.0. The molecule has 0 spiro atoms. The van der Waals surface area contributed by atoms with E-state index in [0.29, 0.717) is 11.4 Å². The van der Waals surface area contributed by atoms with Crippen LogP contribution in [0.5, 0.6) is 0 Å². The van der Waals surface area contributed by atoms with Crippen LogP contribution in [0, 0.1) is 0 Å². The summed E-state index contributed by atoms with van der Waals surface area (Å²) in [6.45, 7) is 0. The van der Waals surface area contributed by atoms with E-state index in [4.69, 9.17) is 17.3 Å². The van der Waals surface area contributed by atoms with Crippen molar-refractivity contribution < 1.29 is 4.79 Å². The molecule has 3 rings (SSSR count). The highest BCUT2D eigenvalue weighted by molar-refractivity contribution is 9.10. The normalized spacial score (nSPS) is 20.1. The van der Waals surface area contributed by atoms with Gasteiger partial charge in [-0.3, -0.25) is 4.79 Å². The lowest BCUT2D eigenvalue weighted by atomic mass is 9.90. The maximum atomic E-state index is 12.2. The Morgan fingerprint density at radius 1 is 1.24 bits per heavy atom. The van der Waals surface area contributed by atoms with Gasteiger partial charge in [-0.15, -0.1) is 0 Å². The van der Waals surface area contributed by atoms with E-state index >= 15 is 0 Å². The lowest BCUT2D eigenvalue weighted by Gasteiger charge is -2.29. The number of fused-ring (bicyclic) bond motifs is 1. The van der Waals surface area contributed by atoms with Crippen molar-refractivity contribution in [2.75, 3.05) is 5.32 Å². The van der Waals surface area contributed by atoms with Crippen LogP contribution in [-0.2, 0) is 16.8 Å². The van der Waals surface area contributed by atoms with Crippen molar-refractivity contribution in [1.29, 1.82) is 0 Å². The first kappa shape index (κ1) is 14.4. The molecular weight excluding hydrogens is 352 g/mol. The van der Waals surface area contributed by atoms with Gasteiger partial charge in [0.2, 0.25) is 5.91 Å². The minimum atomic E-state index is -0.857. The molecule has 0 heterocycles. The topological polar surface area (TPSA) is 55.1 Å². The molecule has 0 fully saturated rings. The number of benzene rings is 2. The number of halogens is 2. The quantitative estimate of drug-likeness (QED) is 0.868. The largest absolute Gasteiger partial charge is 0.368 e. The number of rotatable bonds is 3. The Balaban J connectivity index is 2.03. The summed E-state index contributed by atoms with van der Waals surface area (Å²) in [7, 11) is 0. The van der Waals surface area contributed by atoms with Gasteiger partial charge in [0.15, 0.2) is 0 Å². The van der Waals surface area contributed by atoms with E-state index in [-0.39, 0.29) is 5.91 Å². The predicted molar refractivity (Wildman–Crippen MR) is 88.4 cm³/mol. The molecule has 2 aromatic rings. The van der Waals surface area contributed by atoms with E-state index in [1.807, 2.05) is 30.3 Å². The monoisotopic (exact) mass is 364 g/mol. The first-order valence-corrected chi connectivity index (χ1v) is 7.81. The van der Waals surface area contributed by atoms with Crippen LogP contribution in [0.3, 0.4) is 0 Å². The number of carbonyl (C=O) groups excluding carboxylic acids is 1. The average Bonchev–Trinajstić information content (AvgIpc) is 2.81. The van der Waals surface area contributed by atoms with E-state index in [1.54, 1.807) is 12.1 Å². The number of nitrogens with one attached hydrogen (secondary N) is 1. The highest BCUT2D eigenvalue weighted by Gasteiger charge is 2.44. The molecule has 0 saturated heterocycles. The van der Waals surface area contributed by atoms with E-state index in [1.165, 1.54) is 0 Å². The van der Waals surface area contributed by atoms with Crippen LogP contribution in [0.1, 0.15) is 17.5 Å². The Bertz CT molecular complexity index is 702. The van der Waals surface area contributed by atoms with Gasteiger partial charge in [-0.25, -0.2) is 0 Å².